The van der Waals surface area contributed by atoms with Crippen LogP contribution in [0.2, 0.25) is 0 Å². The molecule has 1 saturated heterocycles. The molecule has 1 aliphatic rings. The molecule has 0 aromatic carbocycles. The Morgan fingerprint density at radius 2 is 1.75 bits per heavy atom. The number of hydrogen-bond donors (Lipinski definition) is 2. The molecule has 3 N–H and O–H groups in total. The first-order chi connectivity index (χ1) is 9.45. The zero-order valence-corrected chi connectivity index (χ0v) is 12.5. The summed E-state index contributed by atoms with van der Waals surface area (Å²) < 4.78 is 26.4. The maximum Gasteiger partial charge on any atom is 0.246 e. The molecule has 2 rings (SSSR count). The smallest absolute Gasteiger partial charge is 0.246 e. The molecule has 9 heteroatoms. The number of nitrogens with zero attached hydrogens (tertiary/aromatic N) is 4. The van der Waals surface area contributed by atoms with Gasteiger partial charge in [-0.2, -0.15) is 4.31 Å². The summed E-state index contributed by atoms with van der Waals surface area (Å²) in [5.41, 5.74) is 2.27. The second kappa shape index (κ2) is 6.00. The highest BCUT2D eigenvalue weighted by Crippen LogP contribution is 2.17. The number of piperazine rings is 1. The van der Waals surface area contributed by atoms with Crippen LogP contribution in [0.1, 0.15) is 13.8 Å². The molecule has 1 aromatic rings. The predicted molar refractivity (Wildman–Crippen MR) is 75.3 cm³/mol. The SMILES string of the molecule is CC(C)N1CCN(S(=O)(=O)c2cnc(NN)nc2)CC1. The molecule has 0 saturated carbocycles. The van der Waals surface area contributed by atoms with Crippen molar-refractivity contribution >= 4 is 16.0 Å². The van der Waals surface area contributed by atoms with Gasteiger partial charge in [0.1, 0.15) is 4.90 Å². The quantitative estimate of drug-likeness (QED) is 0.569. The summed E-state index contributed by atoms with van der Waals surface area (Å²) in [5, 5.41) is 0. The van der Waals surface area contributed by atoms with Gasteiger partial charge in [-0.3, -0.25) is 10.3 Å². The van der Waals surface area contributed by atoms with E-state index in [-0.39, 0.29) is 10.8 Å². The Hall–Kier alpha value is -1.29. The molecule has 0 amide bonds. The van der Waals surface area contributed by atoms with Crippen molar-refractivity contribution in [3.05, 3.63) is 12.4 Å². The topological polar surface area (TPSA) is 104 Å². The lowest BCUT2D eigenvalue weighted by Gasteiger charge is -2.36. The minimum absolute atomic E-state index is 0.0921. The minimum atomic E-state index is -3.52. The van der Waals surface area contributed by atoms with E-state index < -0.39 is 10.0 Å². The van der Waals surface area contributed by atoms with Crippen LogP contribution in [-0.2, 0) is 10.0 Å². The molecule has 0 atom stereocenters. The van der Waals surface area contributed by atoms with Crippen molar-refractivity contribution in [2.75, 3.05) is 31.6 Å². The number of hydrazine groups is 1. The number of anilines is 1. The Labute approximate surface area is 119 Å². The fraction of sp³-hybridized carbons (Fsp3) is 0.636. The lowest BCUT2D eigenvalue weighted by atomic mass is 10.3. The van der Waals surface area contributed by atoms with Crippen LogP contribution in [0.15, 0.2) is 17.3 Å². The van der Waals surface area contributed by atoms with Crippen molar-refractivity contribution in [2.24, 2.45) is 5.84 Å². The Balaban J connectivity index is 2.11. The van der Waals surface area contributed by atoms with Crippen LogP contribution < -0.4 is 11.3 Å². The summed E-state index contributed by atoms with van der Waals surface area (Å²) in [5.74, 6) is 5.34. The van der Waals surface area contributed by atoms with Crippen LogP contribution in [0.4, 0.5) is 5.95 Å². The van der Waals surface area contributed by atoms with Crippen LogP contribution in [0.25, 0.3) is 0 Å². The lowest BCUT2D eigenvalue weighted by molar-refractivity contribution is 0.154. The molecule has 0 bridgehead atoms. The molecular weight excluding hydrogens is 280 g/mol. The molecular formula is C11H20N6O2S. The summed E-state index contributed by atoms with van der Waals surface area (Å²) in [6.07, 6.45) is 2.54. The summed E-state index contributed by atoms with van der Waals surface area (Å²) in [6.45, 7) is 6.66. The van der Waals surface area contributed by atoms with Gasteiger partial charge < -0.3 is 0 Å². The molecule has 112 valence electrons. The van der Waals surface area contributed by atoms with Gasteiger partial charge in [-0.05, 0) is 13.8 Å². The predicted octanol–water partition coefficient (Wildman–Crippen LogP) is -0.523. The molecule has 1 fully saturated rings. The lowest BCUT2D eigenvalue weighted by Crippen LogP contribution is -2.50. The van der Waals surface area contributed by atoms with Crippen molar-refractivity contribution in [3.8, 4) is 0 Å². The third-order valence-corrected chi connectivity index (χ3v) is 5.25. The molecule has 0 spiro atoms. The summed E-state index contributed by atoms with van der Waals surface area (Å²) in [7, 11) is -3.52. The first-order valence-corrected chi connectivity index (χ1v) is 7.92. The molecule has 2 heterocycles. The molecule has 20 heavy (non-hydrogen) atoms. The Morgan fingerprint density at radius 3 is 2.20 bits per heavy atom. The van der Waals surface area contributed by atoms with Gasteiger partial charge in [0, 0.05) is 32.2 Å². The Morgan fingerprint density at radius 1 is 1.20 bits per heavy atom. The summed E-state index contributed by atoms with van der Waals surface area (Å²) in [6, 6.07) is 0.429. The van der Waals surface area contributed by atoms with Gasteiger partial charge in [0.15, 0.2) is 0 Å². The van der Waals surface area contributed by atoms with E-state index in [4.69, 9.17) is 5.84 Å². The van der Waals surface area contributed by atoms with Crippen molar-refractivity contribution in [2.45, 2.75) is 24.8 Å². The van der Waals surface area contributed by atoms with Crippen molar-refractivity contribution in [1.82, 2.24) is 19.2 Å². The summed E-state index contributed by atoms with van der Waals surface area (Å²) >= 11 is 0. The van der Waals surface area contributed by atoms with E-state index in [9.17, 15) is 8.42 Å². The average molecular weight is 300 g/mol. The van der Waals surface area contributed by atoms with E-state index in [1.165, 1.54) is 16.7 Å². The van der Waals surface area contributed by atoms with E-state index >= 15 is 0 Å². The number of hydrogen-bond acceptors (Lipinski definition) is 7. The number of nitrogen functional groups attached to an aromatic ring is 1. The fourth-order valence-corrected chi connectivity index (χ4v) is 3.45. The van der Waals surface area contributed by atoms with E-state index in [0.29, 0.717) is 19.1 Å². The monoisotopic (exact) mass is 300 g/mol. The third-order valence-electron chi connectivity index (χ3n) is 3.40. The Bertz CT molecular complexity index is 537. The Kier molecular flexibility index (Phi) is 4.53. The van der Waals surface area contributed by atoms with Gasteiger partial charge in [0.05, 0.1) is 12.4 Å². The molecule has 0 radical (unpaired) electrons. The number of aromatic nitrogens is 2. The largest absolute Gasteiger partial charge is 0.298 e. The highest BCUT2D eigenvalue weighted by atomic mass is 32.2. The van der Waals surface area contributed by atoms with Gasteiger partial charge in [-0.15, -0.1) is 0 Å². The van der Waals surface area contributed by atoms with Gasteiger partial charge >= 0.3 is 0 Å². The van der Waals surface area contributed by atoms with Crippen LogP contribution in [0.3, 0.4) is 0 Å². The first kappa shape index (κ1) is 15.1. The van der Waals surface area contributed by atoms with Crippen LogP contribution in [-0.4, -0.2) is 59.8 Å². The fourth-order valence-electron chi connectivity index (χ4n) is 2.13. The zero-order valence-electron chi connectivity index (χ0n) is 11.7. The normalized spacial score (nSPS) is 18.4. The van der Waals surface area contributed by atoms with Crippen LogP contribution in [0, 0.1) is 0 Å². The molecule has 1 aliphatic heterocycles. The standard InChI is InChI=1S/C11H20N6O2S/c1-9(2)16-3-5-17(6-4-16)20(18,19)10-7-13-11(15-12)14-8-10/h7-9H,3-6,12H2,1-2H3,(H,13,14,15). The van der Waals surface area contributed by atoms with Gasteiger partial charge in [0.2, 0.25) is 16.0 Å². The minimum Gasteiger partial charge on any atom is -0.298 e. The molecule has 8 nitrogen and oxygen atoms in total. The first-order valence-electron chi connectivity index (χ1n) is 6.48. The van der Waals surface area contributed by atoms with Crippen LogP contribution in [0.5, 0.6) is 0 Å². The summed E-state index contributed by atoms with van der Waals surface area (Å²) in [4.78, 5) is 10.0. The van der Waals surface area contributed by atoms with Gasteiger partial charge in [0.25, 0.3) is 0 Å². The van der Waals surface area contributed by atoms with Crippen molar-refractivity contribution < 1.29 is 8.42 Å². The maximum atomic E-state index is 12.4. The zero-order chi connectivity index (χ0) is 14.8. The average Bonchev–Trinajstić information content (AvgIpc) is 2.47. The second-order valence-electron chi connectivity index (χ2n) is 4.92. The van der Waals surface area contributed by atoms with E-state index in [1.54, 1.807) is 0 Å². The highest BCUT2D eigenvalue weighted by molar-refractivity contribution is 7.89. The second-order valence-corrected chi connectivity index (χ2v) is 6.86. The molecule has 1 aromatic heterocycles. The number of rotatable bonds is 4. The highest BCUT2D eigenvalue weighted by Gasteiger charge is 2.29. The molecule has 0 unspecified atom stereocenters. The van der Waals surface area contributed by atoms with E-state index in [2.05, 4.69) is 34.1 Å². The van der Waals surface area contributed by atoms with E-state index in [0.717, 1.165) is 13.1 Å². The third kappa shape index (κ3) is 3.06. The number of sulfonamides is 1. The maximum absolute atomic E-state index is 12.4. The van der Waals surface area contributed by atoms with Crippen molar-refractivity contribution in [3.63, 3.8) is 0 Å². The number of nitrogens with one attached hydrogen (secondary N) is 1. The van der Waals surface area contributed by atoms with E-state index in [1.807, 2.05) is 0 Å². The van der Waals surface area contributed by atoms with Crippen LogP contribution >= 0.6 is 0 Å². The molecule has 0 aliphatic carbocycles. The number of nitrogens with two attached hydrogens (primary N) is 1. The van der Waals surface area contributed by atoms with Crippen molar-refractivity contribution in [1.29, 1.82) is 0 Å². The van der Waals surface area contributed by atoms with Gasteiger partial charge in [-0.1, -0.05) is 0 Å². The van der Waals surface area contributed by atoms with Gasteiger partial charge in [-0.25, -0.2) is 24.2 Å².